The molecule has 0 heterocycles. The van der Waals surface area contributed by atoms with Crippen LogP contribution in [0.15, 0.2) is 30.3 Å². The van der Waals surface area contributed by atoms with E-state index in [0.29, 0.717) is 12.0 Å². The van der Waals surface area contributed by atoms with Gasteiger partial charge in [0.1, 0.15) is 0 Å². The summed E-state index contributed by atoms with van der Waals surface area (Å²) in [5, 5.41) is 13.5. The van der Waals surface area contributed by atoms with Gasteiger partial charge in [-0.15, -0.1) is 0 Å². The number of nitrogens with one attached hydrogen (secondary N) is 1. The van der Waals surface area contributed by atoms with Gasteiger partial charge < -0.3 is 10.4 Å². The second kappa shape index (κ2) is 6.91. The molecule has 3 unspecified atom stereocenters. The van der Waals surface area contributed by atoms with Crippen LogP contribution in [-0.2, 0) is 6.42 Å². The van der Waals surface area contributed by atoms with Crippen LogP contribution in [0.4, 0.5) is 0 Å². The standard InChI is InChI=1S/C16H25NO/c1-13(11-14-7-3-2-4-8-14)17-12-15-9-5-6-10-16(15)18/h2-4,7-8,13,15-18H,5-6,9-12H2,1H3. The van der Waals surface area contributed by atoms with Crippen molar-refractivity contribution in [1.82, 2.24) is 5.32 Å². The molecular weight excluding hydrogens is 222 g/mol. The molecule has 1 saturated carbocycles. The summed E-state index contributed by atoms with van der Waals surface area (Å²) < 4.78 is 0. The Morgan fingerprint density at radius 3 is 2.67 bits per heavy atom. The molecule has 3 atom stereocenters. The minimum absolute atomic E-state index is 0.0878. The van der Waals surface area contributed by atoms with Gasteiger partial charge in [-0.25, -0.2) is 0 Å². The first-order chi connectivity index (χ1) is 8.75. The van der Waals surface area contributed by atoms with Crippen LogP contribution in [-0.4, -0.2) is 23.8 Å². The largest absolute Gasteiger partial charge is 0.393 e. The topological polar surface area (TPSA) is 32.3 Å². The Morgan fingerprint density at radius 2 is 1.94 bits per heavy atom. The molecule has 0 aliphatic heterocycles. The van der Waals surface area contributed by atoms with Gasteiger partial charge in [0.05, 0.1) is 6.10 Å². The molecular formula is C16H25NO. The summed E-state index contributed by atoms with van der Waals surface area (Å²) in [5.41, 5.74) is 1.38. The summed E-state index contributed by atoms with van der Waals surface area (Å²) in [6.45, 7) is 3.18. The van der Waals surface area contributed by atoms with Gasteiger partial charge in [0, 0.05) is 12.6 Å². The number of aliphatic hydroxyl groups is 1. The van der Waals surface area contributed by atoms with E-state index in [4.69, 9.17) is 0 Å². The lowest BCUT2D eigenvalue weighted by Gasteiger charge is -2.29. The molecule has 0 aromatic heterocycles. The summed E-state index contributed by atoms with van der Waals surface area (Å²) in [5.74, 6) is 0.456. The molecule has 0 radical (unpaired) electrons. The fourth-order valence-corrected chi connectivity index (χ4v) is 2.82. The molecule has 1 aliphatic rings. The van der Waals surface area contributed by atoms with E-state index in [0.717, 1.165) is 19.4 Å². The van der Waals surface area contributed by atoms with Crippen molar-refractivity contribution < 1.29 is 5.11 Å². The Bertz CT molecular complexity index is 338. The molecule has 2 heteroatoms. The van der Waals surface area contributed by atoms with Gasteiger partial charge in [-0.05, 0) is 37.7 Å². The first kappa shape index (κ1) is 13.6. The second-order valence-corrected chi connectivity index (χ2v) is 5.61. The Labute approximate surface area is 110 Å². The SMILES string of the molecule is CC(Cc1ccccc1)NCC1CCCCC1O. The molecule has 1 fully saturated rings. The predicted molar refractivity (Wildman–Crippen MR) is 75.6 cm³/mol. The highest BCUT2D eigenvalue weighted by atomic mass is 16.3. The van der Waals surface area contributed by atoms with Crippen LogP contribution in [0.3, 0.4) is 0 Å². The van der Waals surface area contributed by atoms with Crippen LogP contribution in [0.25, 0.3) is 0 Å². The van der Waals surface area contributed by atoms with Crippen molar-refractivity contribution in [2.24, 2.45) is 5.92 Å². The van der Waals surface area contributed by atoms with Crippen molar-refractivity contribution in [3.8, 4) is 0 Å². The van der Waals surface area contributed by atoms with E-state index in [9.17, 15) is 5.11 Å². The number of rotatable bonds is 5. The summed E-state index contributed by atoms with van der Waals surface area (Å²) in [4.78, 5) is 0. The number of hydrogen-bond donors (Lipinski definition) is 2. The highest BCUT2D eigenvalue weighted by Gasteiger charge is 2.22. The number of benzene rings is 1. The Morgan fingerprint density at radius 1 is 1.22 bits per heavy atom. The van der Waals surface area contributed by atoms with Crippen molar-refractivity contribution in [3.63, 3.8) is 0 Å². The Balaban J connectivity index is 1.72. The summed E-state index contributed by atoms with van der Waals surface area (Å²) >= 11 is 0. The first-order valence-corrected chi connectivity index (χ1v) is 7.21. The van der Waals surface area contributed by atoms with E-state index in [-0.39, 0.29) is 6.10 Å². The molecule has 1 aromatic rings. The van der Waals surface area contributed by atoms with E-state index in [1.807, 2.05) is 0 Å². The van der Waals surface area contributed by atoms with E-state index in [1.54, 1.807) is 0 Å². The fourth-order valence-electron chi connectivity index (χ4n) is 2.82. The van der Waals surface area contributed by atoms with E-state index < -0.39 is 0 Å². The zero-order valence-electron chi connectivity index (χ0n) is 11.3. The Kier molecular flexibility index (Phi) is 5.21. The van der Waals surface area contributed by atoms with Crippen molar-refractivity contribution in [2.45, 2.75) is 51.2 Å². The van der Waals surface area contributed by atoms with E-state index in [1.165, 1.54) is 24.8 Å². The molecule has 2 nitrogen and oxygen atoms in total. The first-order valence-electron chi connectivity index (χ1n) is 7.21. The number of hydrogen-bond acceptors (Lipinski definition) is 2. The van der Waals surface area contributed by atoms with Crippen LogP contribution < -0.4 is 5.32 Å². The van der Waals surface area contributed by atoms with Crippen molar-refractivity contribution in [3.05, 3.63) is 35.9 Å². The third-order valence-corrected chi connectivity index (χ3v) is 3.98. The fraction of sp³-hybridized carbons (Fsp3) is 0.625. The molecule has 0 bridgehead atoms. The Hall–Kier alpha value is -0.860. The van der Waals surface area contributed by atoms with Gasteiger partial charge in [-0.3, -0.25) is 0 Å². The molecule has 2 rings (SSSR count). The average Bonchev–Trinajstić information content (AvgIpc) is 2.39. The maximum Gasteiger partial charge on any atom is 0.0580 e. The molecule has 0 amide bonds. The van der Waals surface area contributed by atoms with Crippen molar-refractivity contribution in [1.29, 1.82) is 0 Å². The van der Waals surface area contributed by atoms with Crippen LogP contribution >= 0.6 is 0 Å². The van der Waals surface area contributed by atoms with Gasteiger partial charge in [-0.1, -0.05) is 43.2 Å². The maximum atomic E-state index is 9.93. The average molecular weight is 247 g/mol. The smallest absolute Gasteiger partial charge is 0.0580 e. The zero-order valence-corrected chi connectivity index (χ0v) is 11.3. The minimum atomic E-state index is -0.0878. The van der Waals surface area contributed by atoms with Gasteiger partial charge in [0.15, 0.2) is 0 Å². The quantitative estimate of drug-likeness (QED) is 0.838. The summed E-state index contributed by atoms with van der Waals surface area (Å²) in [6, 6.07) is 11.1. The summed E-state index contributed by atoms with van der Waals surface area (Å²) in [6.07, 6.45) is 5.60. The van der Waals surface area contributed by atoms with Crippen LogP contribution in [0.1, 0.15) is 38.2 Å². The third-order valence-electron chi connectivity index (χ3n) is 3.98. The normalized spacial score (nSPS) is 25.9. The van der Waals surface area contributed by atoms with Crippen molar-refractivity contribution >= 4 is 0 Å². The van der Waals surface area contributed by atoms with Crippen LogP contribution in [0, 0.1) is 5.92 Å². The second-order valence-electron chi connectivity index (χ2n) is 5.61. The molecule has 18 heavy (non-hydrogen) atoms. The molecule has 0 spiro atoms. The third kappa shape index (κ3) is 4.11. The molecule has 1 aromatic carbocycles. The molecule has 100 valence electrons. The predicted octanol–water partition coefficient (Wildman–Crippen LogP) is 2.76. The lowest BCUT2D eigenvalue weighted by Crippen LogP contribution is -2.38. The van der Waals surface area contributed by atoms with Gasteiger partial charge in [0.2, 0.25) is 0 Å². The lowest BCUT2D eigenvalue weighted by atomic mass is 9.86. The number of aliphatic hydroxyl groups excluding tert-OH is 1. The molecule has 2 N–H and O–H groups in total. The monoisotopic (exact) mass is 247 g/mol. The summed E-state index contributed by atoms with van der Waals surface area (Å²) in [7, 11) is 0. The van der Waals surface area contributed by atoms with Gasteiger partial charge >= 0.3 is 0 Å². The molecule has 1 aliphatic carbocycles. The lowest BCUT2D eigenvalue weighted by molar-refractivity contribution is 0.0684. The van der Waals surface area contributed by atoms with Gasteiger partial charge in [0.25, 0.3) is 0 Å². The maximum absolute atomic E-state index is 9.93. The van der Waals surface area contributed by atoms with E-state index >= 15 is 0 Å². The van der Waals surface area contributed by atoms with Crippen LogP contribution in [0.5, 0.6) is 0 Å². The van der Waals surface area contributed by atoms with Crippen LogP contribution in [0.2, 0.25) is 0 Å². The van der Waals surface area contributed by atoms with Gasteiger partial charge in [-0.2, -0.15) is 0 Å². The highest BCUT2D eigenvalue weighted by Crippen LogP contribution is 2.23. The van der Waals surface area contributed by atoms with E-state index in [2.05, 4.69) is 42.6 Å². The minimum Gasteiger partial charge on any atom is -0.393 e. The zero-order chi connectivity index (χ0) is 12.8. The molecule has 0 saturated heterocycles. The highest BCUT2D eigenvalue weighted by molar-refractivity contribution is 5.15. The van der Waals surface area contributed by atoms with Crippen molar-refractivity contribution in [2.75, 3.05) is 6.54 Å².